The molecule has 4 aromatic heterocycles. The highest BCUT2D eigenvalue weighted by atomic mass is 28.4. The van der Waals surface area contributed by atoms with Gasteiger partial charge in [0.1, 0.15) is 51.6 Å². The molecule has 0 bridgehead atoms. The standard InChI is InChI=1S/C24H30FN9O3.C17H25N5O4Si.C17H27N5O2Si.C17H26N2O5Si.C10H10N2O6.C8H6N2O4/c1-23(2)10-15(8-16-4-3-7-33(16)23)27-20-17(25)11-26-22(29-20)28-14-5-6-19-18(9-14)34-21(30-31-32-34)24(12-35,13-36)37-19;1-7-17(11-25-27(5,6)16(2,3)4)15-18-19-20-21(15)13-10-12(22(23)24)8-9-14(13)26-17;1-7-17(11-23-25(5,6)16(2,3)4)15-19-20-21-22(15)13-10-12(18)8-9-14(13)24-17;1-7-17(11-23-25(5,6)16(2,3)4)15(20)18-13-10-12(19(21)22)8-9-14(13)24-17;13-4-10(5-14)9(15)11-7-3-6(12(16)17)1-2-8(7)18-10;11-8-4-14-7-2-1-5(10(12)13)3-6(7)9-8/h5-6,9,11,15-16,35-36H,3-4,7-8,10,12-13H2,1-2H3,(H2,26,27,28,29);8-10H,7,11H2,1-6H3;8-10H,7,11,18H2,1-6H3;8-10H,7,11H2,1-6H3,(H,18,20);1-3,13-14H,4-5H2,(H,11,15);1-3H,4H2,(H,9,11)/t15-,16+;;;;;/m1...../s1. The molecule has 8 aliphatic heterocycles. The molecule has 0 spiro atoms. The molecule has 146 heavy (non-hydrogen) atoms. The van der Waals surface area contributed by atoms with Crippen molar-refractivity contribution >= 4 is 106 Å². The van der Waals surface area contributed by atoms with Crippen LogP contribution in [0.1, 0.15) is 159 Å². The number of hydrogen-bond donors (Lipinski definition) is 10. The molecule has 5 atom stereocenters. The number of carbonyl (C=O) groups excluding carboxylic acids is 3. The summed E-state index contributed by atoms with van der Waals surface area (Å²) < 4.78 is 73.3. The van der Waals surface area contributed by atoms with Crippen LogP contribution in [0.5, 0.6) is 34.5 Å². The molecule has 0 saturated carbocycles. The Kier molecular flexibility index (Phi) is 31.6. The van der Waals surface area contributed by atoms with Crippen molar-refractivity contribution < 1.29 is 101 Å². The lowest BCUT2D eigenvalue weighted by atomic mass is 9.84. The van der Waals surface area contributed by atoms with E-state index in [1.807, 2.05) is 32.0 Å². The number of aliphatic hydroxyl groups excluding tert-OH is 4. The van der Waals surface area contributed by atoms with Crippen LogP contribution in [-0.2, 0) is 44.5 Å². The third-order valence-corrected chi connectivity index (χ3v) is 41.8. The largest absolute Gasteiger partial charge is 0.482 e. The summed E-state index contributed by atoms with van der Waals surface area (Å²) >= 11 is 0. The summed E-state index contributed by atoms with van der Waals surface area (Å²) in [5, 5.41) is 131. The number of piperidine rings is 1. The summed E-state index contributed by atoms with van der Waals surface area (Å²) in [6.45, 7) is 42.7. The maximum absolute atomic E-state index is 14.7. The van der Waals surface area contributed by atoms with Gasteiger partial charge in [0.05, 0.1) is 89.2 Å². The van der Waals surface area contributed by atoms with Gasteiger partial charge >= 0.3 is 0 Å². The predicted molar refractivity (Wildman–Crippen MR) is 537 cm³/mol. The number of nitrogen functional groups attached to an aromatic ring is 1. The summed E-state index contributed by atoms with van der Waals surface area (Å²) in [5.74, 6) is 2.49. The van der Waals surface area contributed by atoms with Gasteiger partial charge in [0.2, 0.25) is 40.2 Å². The normalized spacial score (nSPS) is 19.8. The second kappa shape index (κ2) is 42.3. The number of nitro benzene ring substituents is 4. The molecule has 784 valence electrons. The first-order valence-corrected chi connectivity index (χ1v) is 56.0. The molecular weight excluding hydrogens is 1950 g/mol. The maximum atomic E-state index is 14.7. The highest BCUT2D eigenvalue weighted by molar-refractivity contribution is 6.75. The molecule has 2 fully saturated rings. The summed E-state index contributed by atoms with van der Waals surface area (Å²) in [4.78, 5) is 87.3. The van der Waals surface area contributed by atoms with Gasteiger partial charge in [0.15, 0.2) is 54.4 Å². The van der Waals surface area contributed by atoms with Crippen LogP contribution in [0.2, 0.25) is 54.4 Å². The minimum Gasteiger partial charge on any atom is -0.482 e. The van der Waals surface area contributed by atoms with Crippen LogP contribution >= 0.6 is 0 Å². The fourth-order valence-electron chi connectivity index (χ4n) is 16.3. The molecule has 49 nitrogen and oxygen atoms in total. The Bertz CT molecular complexity index is 6540. The van der Waals surface area contributed by atoms with Crippen molar-refractivity contribution in [1.82, 2.24) is 75.5 Å². The summed E-state index contributed by atoms with van der Waals surface area (Å²) in [6, 6.07) is 27.6. The SMILES string of the molecule is CC1(C)C[C@H](Nc2nc(Nc3ccc4c(c3)-n3nnnc3C(CO)(CO)O4)ncc2F)C[C@@H]2CCCN21.CCC1(CO[Si](C)(C)C(C)(C)C)Oc2ccc(N)cc2-n2nnnc21.CCC1(CO[Si](C)(C)C(C)(C)C)Oc2ccc([N+](=O)[O-])cc2-n2nnnc21.CCC1(CO[Si](C)(C)C(C)(C)C)Oc2ccc([N+](=O)[O-])cc2NC1=O.O=C1COc2ccc([N+](=O)[O-])cc2N1.O=C1Nc2cc([N+](=O)[O-])ccc2OC1(CO)CO. The minimum atomic E-state index is -2.05. The second-order valence-corrected chi connectivity index (χ2v) is 56.0. The lowest BCUT2D eigenvalue weighted by Crippen LogP contribution is -2.56. The zero-order valence-electron chi connectivity index (χ0n) is 84.8. The zero-order valence-corrected chi connectivity index (χ0v) is 87.8. The zero-order chi connectivity index (χ0) is 107. The van der Waals surface area contributed by atoms with E-state index in [1.54, 1.807) is 28.9 Å². The van der Waals surface area contributed by atoms with Crippen LogP contribution in [0.25, 0.3) is 17.1 Å². The molecule has 0 radical (unpaired) electrons. The maximum Gasteiger partial charge on any atom is 0.273 e. The Balaban J connectivity index is 0.000000150. The first-order valence-electron chi connectivity index (χ1n) is 47.3. The monoisotopic (exact) mass is 2080 g/mol. The number of aliphatic hydroxyl groups is 4. The third-order valence-electron chi connectivity index (χ3n) is 28.4. The molecule has 12 heterocycles. The van der Waals surface area contributed by atoms with Crippen molar-refractivity contribution in [3.63, 3.8) is 0 Å². The number of carbonyl (C=O) groups is 3. The van der Waals surface area contributed by atoms with Crippen LogP contribution in [0, 0.1) is 46.3 Å². The lowest BCUT2D eigenvalue weighted by molar-refractivity contribution is -0.385. The molecule has 10 aromatic rings. The van der Waals surface area contributed by atoms with Crippen molar-refractivity contribution in [2.24, 2.45) is 0 Å². The fourth-order valence-corrected chi connectivity index (χ4v) is 19.4. The molecular formula is C93H124FN25O24Si3. The molecule has 2 saturated heterocycles. The summed E-state index contributed by atoms with van der Waals surface area (Å²) in [7, 11) is -5.99. The van der Waals surface area contributed by atoms with Crippen LogP contribution in [0.3, 0.4) is 0 Å². The Morgan fingerprint density at radius 2 is 0.897 bits per heavy atom. The van der Waals surface area contributed by atoms with E-state index in [1.165, 1.54) is 82.9 Å². The van der Waals surface area contributed by atoms with Crippen molar-refractivity contribution in [3.05, 3.63) is 179 Å². The number of nitro groups is 4. The lowest BCUT2D eigenvalue weighted by Gasteiger charge is -2.47. The molecule has 11 N–H and O–H groups in total. The van der Waals surface area contributed by atoms with Gasteiger partial charge in [-0.15, -0.1) is 15.3 Å². The smallest absolute Gasteiger partial charge is 0.273 e. The number of nitrogens with two attached hydrogens (primary N) is 1. The van der Waals surface area contributed by atoms with Gasteiger partial charge < -0.3 is 94.4 Å². The molecule has 6 aromatic carbocycles. The number of anilines is 7. The summed E-state index contributed by atoms with van der Waals surface area (Å²) in [6.07, 6.45) is 7.12. The van der Waals surface area contributed by atoms with Crippen LogP contribution in [-0.4, -0.2) is 247 Å². The second-order valence-electron chi connectivity index (χ2n) is 41.5. The third kappa shape index (κ3) is 22.7. The van der Waals surface area contributed by atoms with Gasteiger partial charge in [-0.05, 0) is 212 Å². The quantitative estimate of drug-likeness (QED) is 0.0116. The number of nitrogens with one attached hydrogen (secondary N) is 5. The Morgan fingerprint density at radius 3 is 1.35 bits per heavy atom. The number of benzene rings is 6. The Hall–Kier alpha value is -13.9. The van der Waals surface area contributed by atoms with Crippen LogP contribution < -0.4 is 60.7 Å². The van der Waals surface area contributed by atoms with E-state index in [-0.39, 0.29) is 104 Å². The number of amides is 3. The van der Waals surface area contributed by atoms with Gasteiger partial charge in [-0.25, -0.2) is 9.37 Å². The van der Waals surface area contributed by atoms with E-state index in [2.05, 4.69) is 210 Å². The van der Waals surface area contributed by atoms with E-state index < -0.39 is 111 Å². The Morgan fingerprint density at radius 1 is 0.514 bits per heavy atom. The van der Waals surface area contributed by atoms with Crippen molar-refractivity contribution in [3.8, 4) is 51.6 Å². The Labute approximate surface area is 841 Å². The number of aromatic nitrogens is 14. The van der Waals surface area contributed by atoms with E-state index in [0.29, 0.717) is 107 Å². The van der Waals surface area contributed by atoms with Crippen LogP contribution in [0.15, 0.2) is 115 Å². The van der Waals surface area contributed by atoms with Crippen molar-refractivity contribution in [1.29, 1.82) is 0 Å². The number of halogens is 1. The molecule has 8 aliphatic rings. The average molecular weight is 2080 g/mol. The van der Waals surface area contributed by atoms with Gasteiger partial charge in [-0.3, -0.25) is 59.7 Å². The van der Waals surface area contributed by atoms with E-state index >= 15 is 0 Å². The number of ether oxygens (including phenoxy) is 6. The topological polar surface area (TPSA) is 634 Å². The van der Waals surface area contributed by atoms with Gasteiger partial charge in [-0.2, -0.15) is 19.0 Å². The van der Waals surface area contributed by atoms with Gasteiger partial charge in [0.25, 0.3) is 40.5 Å². The number of tetrazole rings is 3. The molecule has 3 unspecified atom stereocenters. The average Bonchev–Trinajstić information content (AvgIpc) is 1.47. The number of hydrogen-bond acceptors (Lipinski definition) is 39. The van der Waals surface area contributed by atoms with Crippen molar-refractivity contribution in [2.75, 3.05) is 91.7 Å². The number of nitrogens with zero attached hydrogens (tertiary/aromatic N) is 19. The van der Waals surface area contributed by atoms with Crippen LogP contribution in [0.4, 0.5) is 67.3 Å². The number of fused-ring (bicyclic) bond motifs is 13. The first-order chi connectivity index (χ1) is 68.5. The minimum absolute atomic E-state index is 0.0194. The first kappa shape index (κ1) is 109. The summed E-state index contributed by atoms with van der Waals surface area (Å²) in [5.41, 5.74) is 3.43. The van der Waals surface area contributed by atoms with E-state index in [4.69, 9.17) is 57.6 Å². The van der Waals surface area contributed by atoms with E-state index in [0.717, 1.165) is 43.1 Å². The molecule has 0 aliphatic carbocycles. The number of non-ortho nitro benzene ring substituents is 4. The fraction of sp³-hybridized carbons (Fsp3) is 0.505. The predicted octanol–water partition coefficient (Wildman–Crippen LogP) is 13.2. The van der Waals surface area contributed by atoms with Gasteiger partial charge in [0, 0.05) is 77.5 Å². The highest BCUT2D eigenvalue weighted by Crippen LogP contribution is 2.50. The van der Waals surface area contributed by atoms with Gasteiger partial charge in [-0.1, -0.05) is 83.1 Å². The molecule has 53 heteroatoms. The van der Waals surface area contributed by atoms with E-state index in [9.17, 15) is 69.4 Å². The molecule has 18 rings (SSSR count). The van der Waals surface area contributed by atoms with Crippen molar-refractivity contribution in [2.45, 2.75) is 242 Å². The highest BCUT2D eigenvalue weighted by Gasteiger charge is 2.54. The number of rotatable bonds is 24. The molecule has 3 amide bonds.